The molecule has 0 spiro atoms. The van der Waals surface area contributed by atoms with Crippen LogP contribution in [0.3, 0.4) is 0 Å². The maximum atomic E-state index is 5.84. The Morgan fingerprint density at radius 3 is 2.50 bits per heavy atom. The van der Waals surface area contributed by atoms with Crippen LogP contribution in [0.25, 0.3) is 0 Å². The summed E-state index contributed by atoms with van der Waals surface area (Å²) in [5, 5.41) is 3.12. The zero-order chi connectivity index (χ0) is 15.9. The van der Waals surface area contributed by atoms with Crippen LogP contribution in [0.5, 0.6) is 0 Å². The van der Waals surface area contributed by atoms with Gasteiger partial charge in [-0.15, -0.1) is 24.0 Å². The minimum absolute atomic E-state index is 0. The fraction of sp³-hybridized carbons (Fsp3) is 0.588. The Morgan fingerprint density at radius 2 is 1.91 bits per heavy atom. The summed E-state index contributed by atoms with van der Waals surface area (Å²) in [7, 11) is 0. The van der Waals surface area contributed by atoms with Crippen molar-refractivity contribution in [3.63, 3.8) is 0 Å². The molecule has 0 heterocycles. The topological polar surface area (TPSA) is 59.6 Å². The average molecular weight is 419 g/mol. The van der Waals surface area contributed by atoms with E-state index in [-0.39, 0.29) is 29.6 Å². The predicted molar refractivity (Wildman–Crippen MR) is 105 cm³/mol. The van der Waals surface area contributed by atoms with Crippen LogP contribution in [0.15, 0.2) is 29.3 Å². The number of ether oxygens (including phenoxy) is 1. The average Bonchev–Trinajstić information content (AvgIpc) is 2.40. The van der Waals surface area contributed by atoms with Crippen molar-refractivity contribution >= 4 is 29.9 Å². The van der Waals surface area contributed by atoms with E-state index >= 15 is 0 Å². The van der Waals surface area contributed by atoms with E-state index in [9.17, 15) is 0 Å². The van der Waals surface area contributed by atoms with Crippen LogP contribution in [0.1, 0.15) is 45.7 Å². The lowest BCUT2D eigenvalue weighted by Gasteiger charge is -2.19. The van der Waals surface area contributed by atoms with E-state index in [1.54, 1.807) is 0 Å². The Morgan fingerprint density at radius 1 is 1.27 bits per heavy atom. The molecule has 3 N–H and O–H groups in total. The number of nitrogens with one attached hydrogen (secondary N) is 1. The summed E-state index contributed by atoms with van der Waals surface area (Å²) >= 11 is 0. The SMILES string of the molecule is CC(C)CNC(N)=NCc1cccc(COC(C)(C)C)c1.I. The summed E-state index contributed by atoms with van der Waals surface area (Å²) in [6, 6.07) is 8.27. The van der Waals surface area contributed by atoms with Crippen LogP contribution in [-0.2, 0) is 17.9 Å². The van der Waals surface area contributed by atoms with Gasteiger partial charge in [0.15, 0.2) is 5.96 Å². The Labute approximate surface area is 151 Å². The number of hydrogen-bond donors (Lipinski definition) is 2. The highest BCUT2D eigenvalue weighted by atomic mass is 127. The van der Waals surface area contributed by atoms with Crippen LogP contribution in [-0.4, -0.2) is 18.1 Å². The summed E-state index contributed by atoms with van der Waals surface area (Å²) in [5.41, 5.74) is 8.01. The van der Waals surface area contributed by atoms with Gasteiger partial charge >= 0.3 is 0 Å². The normalized spacial score (nSPS) is 12.2. The molecule has 0 radical (unpaired) electrons. The number of nitrogens with two attached hydrogens (primary N) is 1. The minimum Gasteiger partial charge on any atom is -0.371 e. The van der Waals surface area contributed by atoms with Crippen molar-refractivity contribution < 1.29 is 4.74 Å². The third-order valence-electron chi connectivity index (χ3n) is 2.79. The third kappa shape index (κ3) is 10.00. The highest BCUT2D eigenvalue weighted by molar-refractivity contribution is 14.0. The summed E-state index contributed by atoms with van der Waals surface area (Å²) in [5.74, 6) is 1.05. The smallest absolute Gasteiger partial charge is 0.188 e. The predicted octanol–water partition coefficient (Wildman–Crippen LogP) is 3.68. The number of guanidine groups is 1. The van der Waals surface area contributed by atoms with Crippen LogP contribution in [0, 0.1) is 5.92 Å². The second-order valence-electron chi connectivity index (χ2n) is 6.70. The lowest BCUT2D eigenvalue weighted by Crippen LogP contribution is -2.34. The van der Waals surface area contributed by atoms with Crippen molar-refractivity contribution in [3.05, 3.63) is 35.4 Å². The quantitative estimate of drug-likeness (QED) is 0.420. The Kier molecular flexibility index (Phi) is 9.67. The van der Waals surface area contributed by atoms with Gasteiger partial charge in [-0.05, 0) is 37.8 Å². The minimum atomic E-state index is -0.126. The Hall–Kier alpha value is -0.820. The fourth-order valence-corrected chi connectivity index (χ4v) is 1.66. The molecule has 1 rings (SSSR count). The molecule has 0 aliphatic carbocycles. The number of rotatable bonds is 6. The lowest BCUT2D eigenvalue weighted by molar-refractivity contribution is -0.0149. The van der Waals surface area contributed by atoms with Gasteiger partial charge in [0.1, 0.15) is 0 Å². The van der Waals surface area contributed by atoms with E-state index in [4.69, 9.17) is 10.5 Å². The van der Waals surface area contributed by atoms with Gasteiger partial charge in [-0.3, -0.25) is 0 Å². The van der Waals surface area contributed by atoms with Crippen LogP contribution >= 0.6 is 24.0 Å². The summed E-state index contributed by atoms with van der Waals surface area (Å²) < 4.78 is 5.79. The molecule has 0 fully saturated rings. The van der Waals surface area contributed by atoms with Crippen molar-refractivity contribution in [2.45, 2.75) is 53.4 Å². The molecule has 0 aromatic heterocycles. The molecule has 126 valence electrons. The standard InChI is InChI=1S/C17H29N3O.HI/c1-13(2)10-19-16(18)20-11-14-7-6-8-15(9-14)12-21-17(3,4)5;/h6-9,13H,10-12H2,1-5H3,(H3,18,19,20);1H. The number of aliphatic imine (C=N–C) groups is 1. The molecule has 0 saturated heterocycles. The number of hydrogen-bond acceptors (Lipinski definition) is 2. The van der Waals surface area contributed by atoms with Gasteiger partial charge in [0.05, 0.1) is 18.8 Å². The van der Waals surface area contributed by atoms with Gasteiger partial charge in [-0.2, -0.15) is 0 Å². The Balaban J connectivity index is 0.00000441. The van der Waals surface area contributed by atoms with Crippen LogP contribution < -0.4 is 11.1 Å². The molecule has 0 unspecified atom stereocenters. The maximum absolute atomic E-state index is 5.84. The third-order valence-corrected chi connectivity index (χ3v) is 2.79. The molecule has 0 aliphatic rings. The molecule has 0 aliphatic heterocycles. The molecule has 0 amide bonds. The maximum Gasteiger partial charge on any atom is 0.188 e. The van der Waals surface area contributed by atoms with Crippen molar-refractivity contribution in [3.8, 4) is 0 Å². The largest absolute Gasteiger partial charge is 0.371 e. The van der Waals surface area contributed by atoms with Gasteiger partial charge in [0, 0.05) is 6.54 Å². The van der Waals surface area contributed by atoms with Gasteiger partial charge in [0.2, 0.25) is 0 Å². The van der Waals surface area contributed by atoms with E-state index in [1.165, 1.54) is 0 Å². The summed E-state index contributed by atoms with van der Waals surface area (Å²) in [6.45, 7) is 12.5. The molecular weight excluding hydrogens is 389 g/mol. The van der Waals surface area contributed by atoms with Crippen molar-refractivity contribution in [2.75, 3.05) is 6.54 Å². The second-order valence-corrected chi connectivity index (χ2v) is 6.70. The Bertz CT molecular complexity index is 467. The number of benzene rings is 1. The van der Waals surface area contributed by atoms with E-state index in [0.717, 1.165) is 17.7 Å². The van der Waals surface area contributed by atoms with Crippen molar-refractivity contribution in [1.82, 2.24) is 5.32 Å². The van der Waals surface area contributed by atoms with E-state index < -0.39 is 0 Å². The van der Waals surface area contributed by atoms with Crippen LogP contribution in [0.2, 0.25) is 0 Å². The zero-order valence-electron chi connectivity index (χ0n) is 14.3. The van der Waals surface area contributed by atoms with E-state index in [2.05, 4.69) is 63.1 Å². The molecule has 0 saturated carbocycles. The van der Waals surface area contributed by atoms with Gasteiger partial charge < -0.3 is 15.8 Å². The lowest BCUT2D eigenvalue weighted by atomic mass is 10.1. The van der Waals surface area contributed by atoms with E-state index in [1.807, 2.05) is 6.07 Å². The highest BCUT2D eigenvalue weighted by Gasteiger charge is 2.10. The van der Waals surface area contributed by atoms with Crippen molar-refractivity contribution in [1.29, 1.82) is 0 Å². The van der Waals surface area contributed by atoms with Crippen LogP contribution in [0.4, 0.5) is 0 Å². The highest BCUT2D eigenvalue weighted by Crippen LogP contribution is 2.13. The first-order valence-electron chi connectivity index (χ1n) is 7.52. The molecule has 4 nitrogen and oxygen atoms in total. The number of halogens is 1. The monoisotopic (exact) mass is 419 g/mol. The second kappa shape index (κ2) is 10.0. The molecule has 0 atom stereocenters. The van der Waals surface area contributed by atoms with Gasteiger partial charge in [0.25, 0.3) is 0 Å². The summed E-state index contributed by atoms with van der Waals surface area (Å²) in [6.07, 6.45) is 0. The molecular formula is C17H30IN3O. The van der Waals surface area contributed by atoms with E-state index in [0.29, 0.717) is 25.0 Å². The first kappa shape index (κ1) is 21.2. The molecule has 1 aromatic carbocycles. The summed E-state index contributed by atoms with van der Waals surface area (Å²) in [4.78, 5) is 4.36. The number of nitrogens with zero attached hydrogens (tertiary/aromatic N) is 1. The first-order chi connectivity index (χ1) is 9.76. The fourth-order valence-electron chi connectivity index (χ4n) is 1.66. The van der Waals surface area contributed by atoms with Crippen molar-refractivity contribution in [2.24, 2.45) is 16.6 Å². The van der Waals surface area contributed by atoms with Gasteiger partial charge in [-0.25, -0.2) is 4.99 Å². The van der Waals surface area contributed by atoms with Gasteiger partial charge in [-0.1, -0.05) is 38.1 Å². The molecule has 1 aromatic rings. The first-order valence-corrected chi connectivity index (χ1v) is 7.52. The molecule has 5 heteroatoms. The molecule has 22 heavy (non-hydrogen) atoms. The zero-order valence-corrected chi connectivity index (χ0v) is 16.7. The molecule has 0 bridgehead atoms.